The molecule has 0 saturated carbocycles. The van der Waals surface area contributed by atoms with Gasteiger partial charge in [-0.2, -0.15) is 0 Å². The molecule has 0 unspecified atom stereocenters. The highest BCUT2D eigenvalue weighted by atomic mass is 14.9. The minimum Gasteiger partial charge on any atom is -0.247 e. The van der Waals surface area contributed by atoms with Gasteiger partial charge in [-0.3, -0.25) is 0 Å². The number of hydrogen-bond donors (Lipinski definition) is 0. The summed E-state index contributed by atoms with van der Waals surface area (Å²) >= 11 is 0. The van der Waals surface area contributed by atoms with Crippen molar-refractivity contribution < 1.29 is 0 Å². The van der Waals surface area contributed by atoms with Crippen molar-refractivity contribution in [1.82, 2.24) is 15.0 Å². The van der Waals surface area contributed by atoms with Gasteiger partial charge in [-0.25, -0.2) is 15.0 Å². The van der Waals surface area contributed by atoms with Crippen LogP contribution in [0.25, 0.3) is 100 Å². The highest BCUT2D eigenvalue weighted by Gasteiger charge is 2.16. The number of benzene rings is 8. The molecule has 0 atom stereocenters. The summed E-state index contributed by atoms with van der Waals surface area (Å²) in [4.78, 5) is 15.6. The molecule has 2 heterocycles. The summed E-state index contributed by atoms with van der Waals surface area (Å²) in [6.07, 6.45) is 0. The van der Waals surface area contributed by atoms with Gasteiger partial charge in [0.05, 0.1) is 22.6 Å². The number of nitrogens with zero attached hydrogens (tertiary/aromatic N) is 3. The van der Waals surface area contributed by atoms with Crippen LogP contribution < -0.4 is 0 Å². The third-order valence-corrected chi connectivity index (χ3v) is 10.5. The van der Waals surface area contributed by atoms with Crippen molar-refractivity contribution in [2.45, 2.75) is 0 Å². The molecular formula is C53H35N3. The molecule has 0 aliphatic heterocycles. The number of fused-ring (bicyclic) bond motifs is 3. The Bertz CT molecular complexity index is 2860. The van der Waals surface area contributed by atoms with Gasteiger partial charge in [0, 0.05) is 33.0 Å². The Morgan fingerprint density at radius 1 is 0.268 bits per heavy atom. The quantitative estimate of drug-likeness (QED) is 0.154. The zero-order chi connectivity index (χ0) is 37.3. The summed E-state index contributed by atoms with van der Waals surface area (Å²) in [5.41, 5.74) is 14.8. The van der Waals surface area contributed by atoms with Gasteiger partial charge in [0.15, 0.2) is 5.82 Å². The van der Waals surface area contributed by atoms with E-state index >= 15 is 0 Å². The van der Waals surface area contributed by atoms with Gasteiger partial charge >= 0.3 is 0 Å². The standard InChI is InChI=1S/C53H35N3/c1-4-13-36(14-5-1)38-23-29-41(30-24-38)49-35-50(56-53(55-49)44-33-25-39(26-34-44)37-15-6-2-7-16-37)42-31-27-40(28-32-42)45-21-12-22-48-51(45)46-19-10-11-20-47(46)52(54-48)43-17-8-3-9-18-43/h1-35H. The Kier molecular flexibility index (Phi) is 8.51. The third-order valence-electron chi connectivity index (χ3n) is 10.5. The van der Waals surface area contributed by atoms with Crippen molar-refractivity contribution in [3.05, 3.63) is 212 Å². The van der Waals surface area contributed by atoms with Gasteiger partial charge in [0.2, 0.25) is 0 Å². The van der Waals surface area contributed by atoms with E-state index in [1.807, 2.05) is 18.2 Å². The topological polar surface area (TPSA) is 38.7 Å². The summed E-state index contributed by atoms with van der Waals surface area (Å²) in [5, 5.41) is 3.49. The molecule has 10 aromatic rings. The fourth-order valence-electron chi connectivity index (χ4n) is 7.66. The summed E-state index contributed by atoms with van der Waals surface area (Å²) in [5.74, 6) is 0.689. The molecule has 0 amide bonds. The minimum atomic E-state index is 0.689. The Hall–Kier alpha value is -7.49. The molecule has 3 heteroatoms. The smallest absolute Gasteiger partial charge is 0.160 e. The van der Waals surface area contributed by atoms with Crippen molar-refractivity contribution in [2.75, 3.05) is 0 Å². The number of aromatic nitrogens is 3. The second kappa shape index (κ2) is 14.4. The zero-order valence-corrected chi connectivity index (χ0v) is 30.5. The largest absolute Gasteiger partial charge is 0.247 e. The Morgan fingerprint density at radius 3 is 1.25 bits per heavy atom. The molecule has 262 valence electrons. The molecule has 0 saturated heterocycles. The average molecular weight is 714 g/mol. The molecule has 0 radical (unpaired) electrons. The lowest BCUT2D eigenvalue weighted by atomic mass is 9.93. The van der Waals surface area contributed by atoms with Crippen LogP contribution in [0, 0.1) is 0 Å². The Labute approximate surface area is 326 Å². The van der Waals surface area contributed by atoms with Crippen LogP contribution in [0.5, 0.6) is 0 Å². The summed E-state index contributed by atoms with van der Waals surface area (Å²) in [6.45, 7) is 0. The maximum Gasteiger partial charge on any atom is 0.160 e. The van der Waals surface area contributed by atoms with Gasteiger partial charge in [0.25, 0.3) is 0 Å². The van der Waals surface area contributed by atoms with Crippen LogP contribution in [0.1, 0.15) is 0 Å². The van der Waals surface area contributed by atoms with Crippen LogP contribution in [-0.2, 0) is 0 Å². The van der Waals surface area contributed by atoms with Gasteiger partial charge < -0.3 is 0 Å². The lowest BCUT2D eigenvalue weighted by Gasteiger charge is -2.14. The van der Waals surface area contributed by atoms with Crippen molar-refractivity contribution >= 4 is 21.7 Å². The highest BCUT2D eigenvalue weighted by molar-refractivity contribution is 6.16. The maximum absolute atomic E-state index is 5.23. The molecule has 10 rings (SSSR count). The number of pyridine rings is 1. The van der Waals surface area contributed by atoms with E-state index in [4.69, 9.17) is 15.0 Å². The second-order valence-corrected chi connectivity index (χ2v) is 14.0. The summed E-state index contributed by atoms with van der Waals surface area (Å²) < 4.78 is 0. The van der Waals surface area contributed by atoms with Crippen LogP contribution in [-0.4, -0.2) is 15.0 Å². The van der Waals surface area contributed by atoms with Gasteiger partial charge in [0.1, 0.15) is 0 Å². The van der Waals surface area contributed by atoms with Gasteiger partial charge in [-0.1, -0.05) is 200 Å². The van der Waals surface area contributed by atoms with E-state index in [0.29, 0.717) is 5.82 Å². The van der Waals surface area contributed by atoms with Crippen molar-refractivity contribution in [3.8, 4) is 78.5 Å². The molecule has 3 nitrogen and oxygen atoms in total. The Morgan fingerprint density at radius 2 is 0.696 bits per heavy atom. The Balaban J connectivity index is 1.06. The van der Waals surface area contributed by atoms with Crippen LogP contribution in [0.15, 0.2) is 212 Å². The monoisotopic (exact) mass is 713 g/mol. The third kappa shape index (κ3) is 6.31. The SMILES string of the molecule is c1ccc(-c2ccc(-c3cc(-c4ccc(-c5cccc6nc(-c7ccccc7)c7ccccc7c56)cc4)nc(-c4ccc(-c5ccccc5)cc4)n3)cc2)cc1. The van der Waals surface area contributed by atoms with E-state index in [0.717, 1.165) is 72.3 Å². The van der Waals surface area contributed by atoms with E-state index in [9.17, 15) is 0 Å². The minimum absolute atomic E-state index is 0.689. The normalized spacial score (nSPS) is 11.2. The molecule has 0 spiro atoms. The lowest BCUT2D eigenvalue weighted by molar-refractivity contribution is 1.18. The van der Waals surface area contributed by atoms with Crippen LogP contribution >= 0.6 is 0 Å². The van der Waals surface area contributed by atoms with Gasteiger partial charge in [-0.05, 0) is 50.9 Å². The molecular weight excluding hydrogens is 679 g/mol. The number of hydrogen-bond acceptors (Lipinski definition) is 3. The first kappa shape index (κ1) is 33.1. The predicted molar refractivity (Wildman–Crippen MR) is 233 cm³/mol. The molecule has 0 bridgehead atoms. The van der Waals surface area contributed by atoms with Crippen LogP contribution in [0.3, 0.4) is 0 Å². The molecule has 0 aliphatic rings. The fourth-order valence-corrected chi connectivity index (χ4v) is 7.66. The van der Waals surface area contributed by atoms with E-state index in [1.165, 1.54) is 22.1 Å². The first-order valence-corrected chi connectivity index (χ1v) is 18.9. The second-order valence-electron chi connectivity index (χ2n) is 14.0. The molecule has 0 aliphatic carbocycles. The highest BCUT2D eigenvalue weighted by Crippen LogP contribution is 2.38. The van der Waals surface area contributed by atoms with E-state index in [-0.39, 0.29) is 0 Å². The van der Waals surface area contributed by atoms with Crippen LogP contribution in [0.2, 0.25) is 0 Å². The fraction of sp³-hybridized carbons (Fsp3) is 0. The number of rotatable bonds is 7. The van der Waals surface area contributed by atoms with E-state index in [2.05, 4.69) is 194 Å². The average Bonchev–Trinajstić information content (AvgIpc) is 3.29. The van der Waals surface area contributed by atoms with Gasteiger partial charge in [-0.15, -0.1) is 0 Å². The lowest BCUT2D eigenvalue weighted by Crippen LogP contribution is -1.96. The molecule has 0 fully saturated rings. The van der Waals surface area contributed by atoms with Crippen LogP contribution in [0.4, 0.5) is 0 Å². The van der Waals surface area contributed by atoms with Crippen molar-refractivity contribution in [3.63, 3.8) is 0 Å². The van der Waals surface area contributed by atoms with E-state index < -0.39 is 0 Å². The van der Waals surface area contributed by atoms with Crippen molar-refractivity contribution in [1.29, 1.82) is 0 Å². The summed E-state index contributed by atoms with van der Waals surface area (Å²) in [7, 11) is 0. The molecule has 8 aromatic carbocycles. The van der Waals surface area contributed by atoms with E-state index in [1.54, 1.807) is 0 Å². The first-order chi connectivity index (χ1) is 27.7. The zero-order valence-electron chi connectivity index (χ0n) is 30.5. The molecule has 0 N–H and O–H groups in total. The molecule has 56 heavy (non-hydrogen) atoms. The molecule has 2 aromatic heterocycles. The van der Waals surface area contributed by atoms with Crippen molar-refractivity contribution in [2.24, 2.45) is 0 Å². The first-order valence-electron chi connectivity index (χ1n) is 18.9. The summed E-state index contributed by atoms with van der Waals surface area (Å²) in [6, 6.07) is 74.4. The maximum atomic E-state index is 5.23. The predicted octanol–water partition coefficient (Wildman–Crippen LogP) is 13.8.